The minimum atomic E-state index is -1.86. The molecule has 0 amide bonds. The third-order valence-electron chi connectivity index (χ3n) is 1.73. The van der Waals surface area contributed by atoms with Gasteiger partial charge in [0.15, 0.2) is 11.1 Å². The molecule has 13 heavy (non-hydrogen) atoms. The predicted octanol–water partition coefficient (Wildman–Crippen LogP) is 2.23. The Balaban J connectivity index is -0.000000480. The Morgan fingerprint density at radius 3 is 2.31 bits per heavy atom. The summed E-state index contributed by atoms with van der Waals surface area (Å²) in [6, 6.07) is 7.22. The van der Waals surface area contributed by atoms with Crippen LogP contribution in [0.4, 0.5) is 0 Å². The molecular formula is C9H14CaO2S. The summed E-state index contributed by atoms with van der Waals surface area (Å²) in [6.07, 6.45) is 0. The molecule has 0 aromatic heterocycles. The van der Waals surface area contributed by atoms with Crippen molar-refractivity contribution >= 4 is 48.8 Å². The van der Waals surface area contributed by atoms with Crippen molar-refractivity contribution in [2.75, 3.05) is 0 Å². The first-order valence-corrected chi connectivity index (χ1v) is 4.93. The van der Waals surface area contributed by atoms with E-state index in [-0.39, 0.29) is 46.5 Å². The number of rotatable bonds is 2. The average Bonchev–Trinajstić information content (AvgIpc) is 2.04. The molecule has 2 nitrogen and oxygen atoms in total. The van der Waals surface area contributed by atoms with Gasteiger partial charge in [-0.05, 0) is 17.5 Å². The van der Waals surface area contributed by atoms with Crippen LogP contribution in [0, 0.1) is 0 Å². The van der Waals surface area contributed by atoms with Gasteiger partial charge in [-0.15, -0.1) is 0 Å². The molecule has 0 spiro atoms. The molecule has 0 fully saturated rings. The van der Waals surface area contributed by atoms with E-state index in [1.807, 2.05) is 26.0 Å². The Morgan fingerprint density at radius 2 is 1.92 bits per heavy atom. The summed E-state index contributed by atoms with van der Waals surface area (Å²) in [6.45, 7) is 4.01. The molecule has 1 rings (SSSR count). The van der Waals surface area contributed by atoms with Gasteiger partial charge in [-0.3, -0.25) is 0 Å². The molecule has 1 atom stereocenters. The molecular weight excluding hydrogens is 212 g/mol. The molecule has 70 valence electrons. The second-order valence-electron chi connectivity index (χ2n) is 2.94. The van der Waals surface area contributed by atoms with Crippen molar-refractivity contribution in [1.29, 1.82) is 0 Å². The number of benzene rings is 1. The summed E-state index contributed by atoms with van der Waals surface area (Å²) in [7, 11) is 0. The fraction of sp³-hybridized carbons (Fsp3) is 0.333. The van der Waals surface area contributed by atoms with E-state index in [4.69, 9.17) is 4.55 Å². The maximum atomic E-state index is 10.8. The van der Waals surface area contributed by atoms with Crippen LogP contribution in [-0.2, 0) is 11.1 Å². The minimum absolute atomic E-state index is 0. The minimum Gasteiger partial charge on any atom is -1.00 e. The van der Waals surface area contributed by atoms with Crippen LogP contribution in [0.15, 0.2) is 29.2 Å². The first-order chi connectivity index (χ1) is 5.63. The Morgan fingerprint density at radius 1 is 1.38 bits per heavy atom. The maximum absolute atomic E-state index is 10.8. The van der Waals surface area contributed by atoms with Crippen LogP contribution in [0.5, 0.6) is 0 Å². The molecule has 1 unspecified atom stereocenters. The fourth-order valence-corrected chi connectivity index (χ4v) is 1.82. The third-order valence-corrected chi connectivity index (χ3v) is 2.48. The Hall–Kier alpha value is 0.590. The summed E-state index contributed by atoms with van der Waals surface area (Å²) in [5.41, 5.74) is 0.943. The average molecular weight is 226 g/mol. The maximum Gasteiger partial charge on any atom is 2.00 e. The molecule has 1 N–H and O–H groups in total. The molecule has 0 radical (unpaired) electrons. The normalized spacial score (nSPS) is 12.3. The van der Waals surface area contributed by atoms with Crippen LogP contribution in [0.25, 0.3) is 0 Å². The zero-order valence-electron chi connectivity index (χ0n) is 9.86. The topological polar surface area (TPSA) is 37.3 Å². The molecule has 1 aromatic rings. The van der Waals surface area contributed by atoms with Gasteiger partial charge in [0.2, 0.25) is 0 Å². The predicted molar refractivity (Wildman–Crippen MR) is 57.5 cm³/mol. The van der Waals surface area contributed by atoms with Crippen molar-refractivity contribution in [3.8, 4) is 0 Å². The van der Waals surface area contributed by atoms with E-state index >= 15 is 0 Å². The smallest absolute Gasteiger partial charge is 1.00 e. The Bertz CT molecular complexity index is 308. The van der Waals surface area contributed by atoms with Gasteiger partial charge in [0, 0.05) is 0 Å². The molecule has 0 saturated heterocycles. The van der Waals surface area contributed by atoms with Gasteiger partial charge in [0.1, 0.15) is 0 Å². The van der Waals surface area contributed by atoms with Crippen LogP contribution in [0.2, 0.25) is 0 Å². The molecule has 0 aliphatic carbocycles. The van der Waals surface area contributed by atoms with Crippen LogP contribution in [0.3, 0.4) is 0 Å². The summed E-state index contributed by atoms with van der Waals surface area (Å²) < 4.78 is 19.8. The molecule has 1 aromatic carbocycles. The third kappa shape index (κ3) is 3.68. The van der Waals surface area contributed by atoms with Crippen LogP contribution in [-0.4, -0.2) is 46.5 Å². The van der Waals surface area contributed by atoms with Crippen LogP contribution < -0.4 is 0 Å². The van der Waals surface area contributed by atoms with E-state index in [1.165, 1.54) is 0 Å². The van der Waals surface area contributed by atoms with Gasteiger partial charge >= 0.3 is 37.7 Å². The molecule has 0 heterocycles. The zero-order chi connectivity index (χ0) is 9.14. The first kappa shape index (κ1) is 13.6. The van der Waals surface area contributed by atoms with Gasteiger partial charge in [-0.25, -0.2) is 4.21 Å². The molecule has 0 aliphatic rings. The van der Waals surface area contributed by atoms with E-state index in [0.717, 1.165) is 5.56 Å². The van der Waals surface area contributed by atoms with Crippen molar-refractivity contribution in [3.05, 3.63) is 29.8 Å². The van der Waals surface area contributed by atoms with E-state index in [2.05, 4.69) is 0 Å². The molecule has 0 bridgehead atoms. The Kier molecular flexibility index (Phi) is 6.42. The Labute approximate surface area is 114 Å². The van der Waals surface area contributed by atoms with Crippen molar-refractivity contribution in [2.45, 2.75) is 24.7 Å². The number of hydrogen-bond acceptors (Lipinski definition) is 1. The van der Waals surface area contributed by atoms with Gasteiger partial charge in [-0.1, -0.05) is 32.0 Å². The van der Waals surface area contributed by atoms with Gasteiger partial charge < -0.3 is 7.41 Å². The van der Waals surface area contributed by atoms with Crippen molar-refractivity contribution < 1.29 is 11.6 Å². The van der Waals surface area contributed by atoms with Crippen molar-refractivity contribution in [2.24, 2.45) is 0 Å². The monoisotopic (exact) mass is 226 g/mol. The fourth-order valence-electron chi connectivity index (χ4n) is 1.12. The second kappa shape index (κ2) is 6.14. The van der Waals surface area contributed by atoms with Crippen molar-refractivity contribution in [1.82, 2.24) is 0 Å². The van der Waals surface area contributed by atoms with E-state index in [1.54, 1.807) is 12.1 Å². The largest absolute Gasteiger partial charge is 2.00 e. The summed E-state index contributed by atoms with van der Waals surface area (Å²) in [5, 5.41) is 0. The van der Waals surface area contributed by atoms with Gasteiger partial charge in [0.25, 0.3) is 0 Å². The standard InChI is InChI=1S/C9H12O2S.Ca.2H/c1-7(2)8-5-3-4-6-9(8)12(10)11;;;/h3-7H,1-2H3,(H,10,11);;;/q;+2;2*-1. The summed E-state index contributed by atoms with van der Waals surface area (Å²) >= 11 is -1.86. The van der Waals surface area contributed by atoms with Gasteiger partial charge in [-0.2, -0.15) is 0 Å². The second-order valence-corrected chi connectivity index (χ2v) is 3.88. The zero-order valence-corrected chi connectivity index (χ0v) is 10.9. The van der Waals surface area contributed by atoms with Gasteiger partial charge in [0.05, 0.1) is 4.90 Å². The van der Waals surface area contributed by atoms with E-state index in [9.17, 15) is 4.21 Å². The van der Waals surface area contributed by atoms with Crippen LogP contribution in [0.1, 0.15) is 28.2 Å². The number of hydrogen-bond donors (Lipinski definition) is 1. The molecule has 4 heteroatoms. The first-order valence-electron chi connectivity index (χ1n) is 3.82. The van der Waals surface area contributed by atoms with Crippen LogP contribution >= 0.6 is 0 Å². The molecule has 0 aliphatic heterocycles. The summed E-state index contributed by atoms with van der Waals surface area (Å²) in [5.74, 6) is 0.289. The van der Waals surface area contributed by atoms with E-state index < -0.39 is 11.1 Å². The quantitative estimate of drug-likeness (QED) is 0.620. The SMILES string of the molecule is CC(C)c1ccccc1S(=O)O.[Ca+2].[H-].[H-]. The summed E-state index contributed by atoms with van der Waals surface area (Å²) in [4.78, 5) is 0.521. The van der Waals surface area contributed by atoms with Crippen molar-refractivity contribution in [3.63, 3.8) is 0 Å². The molecule has 0 saturated carbocycles. The van der Waals surface area contributed by atoms with E-state index in [0.29, 0.717) is 4.90 Å².